The molecule has 0 heterocycles. The van der Waals surface area contributed by atoms with E-state index in [0.717, 1.165) is 6.42 Å². The summed E-state index contributed by atoms with van der Waals surface area (Å²) in [6.07, 6.45) is 6.29. The average Bonchev–Trinajstić information content (AvgIpc) is 2.17. The Morgan fingerprint density at radius 2 is 1.54 bits per heavy atom. The van der Waals surface area contributed by atoms with Gasteiger partial charge in [0.1, 0.15) is 0 Å². The van der Waals surface area contributed by atoms with E-state index < -0.39 is 0 Å². The minimum absolute atomic E-state index is 0.665. The van der Waals surface area contributed by atoms with Gasteiger partial charge in [0.25, 0.3) is 0 Å². The smallest absolute Gasteiger partial charge is 0.00669 e. The molecule has 0 saturated carbocycles. The molecule has 0 aromatic carbocycles. The van der Waals surface area contributed by atoms with Crippen LogP contribution in [0.4, 0.5) is 0 Å². The first-order chi connectivity index (χ1) is 6.26. The summed E-state index contributed by atoms with van der Waals surface area (Å²) in [5.74, 6) is 0. The molecule has 0 bridgehead atoms. The van der Waals surface area contributed by atoms with Gasteiger partial charge in [-0.1, -0.05) is 33.6 Å². The molecule has 13 heavy (non-hydrogen) atoms. The predicted molar refractivity (Wildman–Crippen MR) is 60.8 cm³/mol. The molecular formula is C12H26N. The van der Waals surface area contributed by atoms with Gasteiger partial charge in [0.15, 0.2) is 0 Å². The lowest BCUT2D eigenvalue weighted by Crippen LogP contribution is -2.34. The molecule has 0 rings (SSSR count). The summed E-state index contributed by atoms with van der Waals surface area (Å²) in [5, 5.41) is 0. The molecule has 1 heteroatoms. The Morgan fingerprint density at radius 3 is 1.85 bits per heavy atom. The zero-order chi connectivity index (χ0) is 10.1. The minimum atomic E-state index is 0.665. The molecule has 0 aliphatic rings. The van der Waals surface area contributed by atoms with Crippen molar-refractivity contribution in [1.29, 1.82) is 0 Å². The molecule has 79 valence electrons. The third kappa shape index (κ3) is 6.09. The molecule has 0 aromatic rings. The Morgan fingerprint density at radius 1 is 1.08 bits per heavy atom. The van der Waals surface area contributed by atoms with E-state index in [4.69, 9.17) is 0 Å². The fraction of sp³-hybridized carbons (Fsp3) is 0.917. The van der Waals surface area contributed by atoms with Crippen molar-refractivity contribution in [2.45, 2.75) is 58.9 Å². The van der Waals surface area contributed by atoms with Crippen molar-refractivity contribution in [3.05, 3.63) is 6.92 Å². The summed E-state index contributed by atoms with van der Waals surface area (Å²) in [6, 6.07) is 0.665. The maximum Gasteiger partial charge on any atom is 0.00669 e. The summed E-state index contributed by atoms with van der Waals surface area (Å²) >= 11 is 0. The van der Waals surface area contributed by atoms with Crippen LogP contribution in [0, 0.1) is 6.92 Å². The van der Waals surface area contributed by atoms with Crippen molar-refractivity contribution >= 4 is 0 Å². The molecule has 1 unspecified atom stereocenters. The molecule has 1 atom stereocenters. The first-order valence-electron chi connectivity index (χ1n) is 5.79. The van der Waals surface area contributed by atoms with Gasteiger partial charge in [0, 0.05) is 6.04 Å². The molecule has 0 aliphatic carbocycles. The molecule has 0 aromatic heterocycles. The summed E-state index contributed by atoms with van der Waals surface area (Å²) < 4.78 is 0. The second-order valence-electron chi connectivity index (χ2n) is 3.88. The van der Waals surface area contributed by atoms with E-state index in [-0.39, 0.29) is 0 Å². The zero-order valence-corrected chi connectivity index (χ0v) is 9.68. The number of hydrogen-bond acceptors (Lipinski definition) is 1. The quantitative estimate of drug-likeness (QED) is 0.558. The Kier molecular flexibility index (Phi) is 8.53. The van der Waals surface area contributed by atoms with E-state index in [0.29, 0.717) is 6.04 Å². The van der Waals surface area contributed by atoms with E-state index in [2.05, 4.69) is 32.6 Å². The third-order valence-corrected chi connectivity index (χ3v) is 2.64. The van der Waals surface area contributed by atoms with Crippen molar-refractivity contribution in [2.24, 2.45) is 0 Å². The van der Waals surface area contributed by atoms with Gasteiger partial charge in [-0.05, 0) is 39.3 Å². The molecular weight excluding hydrogens is 158 g/mol. The summed E-state index contributed by atoms with van der Waals surface area (Å²) in [7, 11) is 0. The van der Waals surface area contributed by atoms with Gasteiger partial charge in [-0.2, -0.15) is 0 Å². The SMILES string of the molecule is [CH2]CC(C)N(CCCC)CCCC. The van der Waals surface area contributed by atoms with Crippen LogP contribution in [0.15, 0.2) is 0 Å². The maximum atomic E-state index is 3.98. The Hall–Kier alpha value is -0.0400. The second kappa shape index (κ2) is 8.55. The van der Waals surface area contributed by atoms with Crippen LogP contribution in [0.5, 0.6) is 0 Å². The van der Waals surface area contributed by atoms with Gasteiger partial charge in [-0.25, -0.2) is 0 Å². The number of nitrogens with zero attached hydrogens (tertiary/aromatic N) is 1. The average molecular weight is 184 g/mol. The summed E-state index contributed by atoms with van der Waals surface area (Å²) in [5.41, 5.74) is 0. The van der Waals surface area contributed by atoms with Crippen molar-refractivity contribution in [3.63, 3.8) is 0 Å². The number of unbranched alkanes of at least 4 members (excludes halogenated alkanes) is 2. The number of hydrogen-bond donors (Lipinski definition) is 0. The van der Waals surface area contributed by atoms with Crippen LogP contribution in [0.3, 0.4) is 0 Å². The van der Waals surface area contributed by atoms with E-state index >= 15 is 0 Å². The lowest BCUT2D eigenvalue weighted by molar-refractivity contribution is 0.203. The highest BCUT2D eigenvalue weighted by Gasteiger charge is 2.09. The van der Waals surface area contributed by atoms with E-state index in [9.17, 15) is 0 Å². The van der Waals surface area contributed by atoms with Crippen LogP contribution in [0.2, 0.25) is 0 Å². The highest BCUT2D eigenvalue weighted by atomic mass is 15.1. The molecule has 1 nitrogen and oxygen atoms in total. The van der Waals surface area contributed by atoms with Gasteiger partial charge in [0.05, 0.1) is 0 Å². The first-order valence-corrected chi connectivity index (χ1v) is 5.79. The molecule has 0 amide bonds. The van der Waals surface area contributed by atoms with Crippen LogP contribution >= 0.6 is 0 Å². The van der Waals surface area contributed by atoms with Crippen LogP contribution in [-0.2, 0) is 0 Å². The standard InChI is InChI=1S/C12H26N/c1-5-8-10-13(11-9-6-2)12(4)7-3/h12H,3,5-11H2,1-2,4H3. The van der Waals surface area contributed by atoms with Crippen molar-refractivity contribution < 1.29 is 0 Å². The van der Waals surface area contributed by atoms with Gasteiger partial charge >= 0.3 is 0 Å². The topological polar surface area (TPSA) is 3.24 Å². The second-order valence-corrected chi connectivity index (χ2v) is 3.88. The predicted octanol–water partition coefficient (Wildman–Crippen LogP) is 3.50. The highest BCUT2D eigenvalue weighted by molar-refractivity contribution is 4.67. The van der Waals surface area contributed by atoms with Crippen molar-refractivity contribution in [3.8, 4) is 0 Å². The van der Waals surface area contributed by atoms with Crippen LogP contribution in [0.25, 0.3) is 0 Å². The van der Waals surface area contributed by atoms with Gasteiger partial charge in [-0.15, -0.1) is 0 Å². The largest absolute Gasteiger partial charge is 0.301 e. The normalized spacial score (nSPS) is 13.6. The lowest BCUT2D eigenvalue weighted by atomic mass is 10.2. The van der Waals surface area contributed by atoms with Gasteiger partial charge in [-0.3, -0.25) is 0 Å². The van der Waals surface area contributed by atoms with Gasteiger partial charge < -0.3 is 4.90 Å². The highest BCUT2D eigenvalue weighted by Crippen LogP contribution is 2.07. The fourth-order valence-electron chi connectivity index (χ4n) is 1.46. The zero-order valence-electron chi connectivity index (χ0n) is 9.68. The first kappa shape index (κ1) is 13.0. The summed E-state index contributed by atoms with van der Waals surface area (Å²) in [4.78, 5) is 2.58. The molecule has 0 fully saturated rings. The summed E-state index contributed by atoms with van der Waals surface area (Å²) in [6.45, 7) is 13.3. The monoisotopic (exact) mass is 184 g/mol. The van der Waals surface area contributed by atoms with Crippen molar-refractivity contribution in [1.82, 2.24) is 4.90 Å². The molecule has 0 spiro atoms. The maximum absolute atomic E-state index is 3.98. The molecule has 0 saturated heterocycles. The van der Waals surface area contributed by atoms with Crippen molar-refractivity contribution in [2.75, 3.05) is 13.1 Å². The Bertz CT molecular complexity index is 93.3. The van der Waals surface area contributed by atoms with Crippen LogP contribution < -0.4 is 0 Å². The van der Waals surface area contributed by atoms with E-state index in [1.165, 1.54) is 38.8 Å². The Balaban J connectivity index is 3.72. The number of rotatable bonds is 8. The van der Waals surface area contributed by atoms with E-state index in [1.807, 2.05) is 0 Å². The Labute approximate surface area is 84.5 Å². The van der Waals surface area contributed by atoms with Crippen LogP contribution in [-0.4, -0.2) is 24.0 Å². The van der Waals surface area contributed by atoms with E-state index in [1.54, 1.807) is 0 Å². The van der Waals surface area contributed by atoms with Crippen LogP contribution in [0.1, 0.15) is 52.9 Å². The fourth-order valence-corrected chi connectivity index (χ4v) is 1.46. The lowest BCUT2D eigenvalue weighted by Gasteiger charge is -2.28. The molecule has 0 aliphatic heterocycles. The van der Waals surface area contributed by atoms with Gasteiger partial charge in [0.2, 0.25) is 0 Å². The molecule has 0 N–H and O–H groups in total. The third-order valence-electron chi connectivity index (χ3n) is 2.64. The minimum Gasteiger partial charge on any atom is -0.301 e. The molecule has 1 radical (unpaired) electrons.